The van der Waals surface area contributed by atoms with E-state index in [4.69, 9.17) is 4.42 Å². The number of imide groups is 1. The smallest absolute Gasteiger partial charge is 0.260 e. The molecule has 0 spiro atoms. The van der Waals surface area contributed by atoms with Gasteiger partial charge < -0.3 is 19.5 Å². The number of likely N-dealkylation sites (N-methyl/N-ethyl adjacent to an activating group) is 1. The highest BCUT2D eigenvalue weighted by Crippen LogP contribution is 2.30. The second-order valence-corrected chi connectivity index (χ2v) is 8.08. The average molecular weight is 444 g/mol. The molecule has 0 unspecified atom stereocenters. The van der Waals surface area contributed by atoms with Crippen molar-refractivity contribution in [3.63, 3.8) is 0 Å². The van der Waals surface area contributed by atoms with Gasteiger partial charge in [0.25, 0.3) is 11.8 Å². The quantitative estimate of drug-likeness (QED) is 0.462. The number of hydrogen-bond donors (Lipinski definition) is 2. The Balaban J connectivity index is 1.36. The van der Waals surface area contributed by atoms with Gasteiger partial charge in [0.2, 0.25) is 0 Å². The molecule has 5 rings (SSSR count). The monoisotopic (exact) mass is 443 g/mol. The van der Waals surface area contributed by atoms with E-state index in [0.29, 0.717) is 16.7 Å². The predicted octanol–water partition coefficient (Wildman–Crippen LogP) is 3.21. The predicted molar refractivity (Wildman–Crippen MR) is 127 cm³/mol. The van der Waals surface area contributed by atoms with E-state index in [-0.39, 0.29) is 0 Å². The Morgan fingerprint density at radius 2 is 1.88 bits per heavy atom. The number of carbonyl (C=O) groups excluding carboxylic acids is 2. The van der Waals surface area contributed by atoms with Crippen LogP contribution in [-0.2, 0) is 4.79 Å². The van der Waals surface area contributed by atoms with E-state index >= 15 is 0 Å². The first-order chi connectivity index (χ1) is 16.1. The fraction of sp³-hybridized carbons (Fsp3) is 0.240. The van der Waals surface area contributed by atoms with Gasteiger partial charge in [-0.2, -0.15) is 0 Å². The summed E-state index contributed by atoms with van der Waals surface area (Å²) in [6, 6.07) is 11.2. The highest BCUT2D eigenvalue weighted by Gasteiger charge is 2.27. The third kappa shape index (κ3) is 4.25. The maximum Gasteiger partial charge on any atom is 0.260 e. The Kier molecular flexibility index (Phi) is 5.66. The average Bonchev–Trinajstić information content (AvgIpc) is 3.39. The Morgan fingerprint density at radius 3 is 2.58 bits per heavy atom. The molecule has 1 saturated heterocycles. The summed E-state index contributed by atoms with van der Waals surface area (Å²) in [4.78, 5) is 34.2. The lowest BCUT2D eigenvalue weighted by Gasteiger charge is -2.34. The van der Waals surface area contributed by atoms with Crippen molar-refractivity contribution in [2.75, 3.05) is 42.9 Å². The van der Waals surface area contributed by atoms with Crippen LogP contribution < -0.4 is 15.5 Å². The third-order valence-corrected chi connectivity index (χ3v) is 6.16. The van der Waals surface area contributed by atoms with Gasteiger partial charge in [-0.3, -0.25) is 14.9 Å². The van der Waals surface area contributed by atoms with Crippen LogP contribution in [0.5, 0.6) is 0 Å². The molecule has 2 aromatic heterocycles. The van der Waals surface area contributed by atoms with E-state index in [0.717, 1.165) is 55.4 Å². The van der Waals surface area contributed by atoms with E-state index < -0.39 is 11.8 Å². The lowest BCUT2D eigenvalue weighted by Crippen LogP contribution is -2.46. The summed E-state index contributed by atoms with van der Waals surface area (Å²) < 4.78 is 5.17. The molecular formula is C25H25N5O3. The Hall–Kier alpha value is -3.91. The largest absolute Gasteiger partial charge is 0.472 e. The lowest BCUT2D eigenvalue weighted by molar-refractivity contribution is -0.114. The van der Waals surface area contributed by atoms with Crippen LogP contribution in [0.25, 0.3) is 16.7 Å². The molecule has 2 aliphatic rings. The van der Waals surface area contributed by atoms with Gasteiger partial charge in [0.05, 0.1) is 30.0 Å². The molecule has 2 amide bonds. The fourth-order valence-corrected chi connectivity index (χ4v) is 4.18. The van der Waals surface area contributed by atoms with E-state index in [1.165, 1.54) is 0 Å². The fourth-order valence-electron chi connectivity index (χ4n) is 4.18. The molecule has 0 bridgehead atoms. The molecular weight excluding hydrogens is 418 g/mol. The van der Waals surface area contributed by atoms with Crippen LogP contribution in [-0.4, -0.2) is 54.4 Å². The van der Waals surface area contributed by atoms with E-state index in [9.17, 15) is 9.59 Å². The molecule has 0 aliphatic carbocycles. The number of carbonyl (C=O) groups is 2. The first-order valence-corrected chi connectivity index (χ1v) is 11.0. The van der Waals surface area contributed by atoms with Crippen LogP contribution >= 0.6 is 0 Å². The lowest BCUT2D eigenvalue weighted by atomic mass is 9.92. The second-order valence-electron chi connectivity index (χ2n) is 8.08. The standard InChI is InChI=1S/C25H25N5O3/c1-2-29-8-10-30(11-9-29)23-6-4-19(14-27-23)26-15-22-21-13-17(18-7-12-33-16-18)3-5-20(21)24(31)28-25(22)32/h3-7,12-16,26H,2,8-11H2,1H3,(H,28,31,32). The van der Waals surface area contributed by atoms with E-state index in [1.807, 2.05) is 30.3 Å². The third-order valence-electron chi connectivity index (χ3n) is 6.16. The number of benzene rings is 1. The molecule has 1 aromatic carbocycles. The van der Waals surface area contributed by atoms with Crippen molar-refractivity contribution in [2.45, 2.75) is 6.92 Å². The SMILES string of the molecule is CCN1CCN(c2ccc(NC=C3C(=O)NC(=O)c4ccc(-c5ccoc5)cc43)cn2)CC1. The number of rotatable bonds is 5. The summed E-state index contributed by atoms with van der Waals surface area (Å²) in [5.74, 6) is 0.0999. The minimum Gasteiger partial charge on any atom is -0.472 e. The minimum atomic E-state index is -0.442. The number of fused-ring (bicyclic) bond motifs is 1. The summed E-state index contributed by atoms with van der Waals surface area (Å²) in [5.41, 5.74) is 3.92. The van der Waals surface area contributed by atoms with Crippen molar-refractivity contribution in [1.82, 2.24) is 15.2 Å². The molecule has 0 saturated carbocycles. The van der Waals surface area contributed by atoms with Crippen molar-refractivity contribution >= 4 is 28.9 Å². The molecule has 2 aliphatic heterocycles. The number of pyridine rings is 1. The van der Waals surface area contributed by atoms with E-state index in [1.54, 1.807) is 31.0 Å². The topological polar surface area (TPSA) is 90.7 Å². The van der Waals surface area contributed by atoms with Gasteiger partial charge in [-0.15, -0.1) is 0 Å². The highest BCUT2D eigenvalue weighted by molar-refractivity contribution is 6.31. The maximum atomic E-state index is 12.6. The molecule has 3 aromatic rings. The van der Waals surface area contributed by atoms with Crippen molar-refractivity contribution in [1.29, 1.82) is 0 Å². The molecule has 8 heteroatoms. The number of furan rings is 1. The molecule has 1 fully saturated rings. The first-order valence-electron chi connectivity index (χ1n) is 11.0. The highest BCUT2D eigenvalue weighted by atomic mass is 16.3. The van der Waals surface area contributed by atoms with Crippen LogP contribution in [0, 0.1) is 0 Å². The van der Waals surface area contributed by atoms with Crippen molar-refractivity contribution in [3.05, 3.63) is 72.4 Å². The van der Waals surface area contributed by atoms with Gasteiger partial charge >= 0.3 is 0 Å². The second kappa shape index (κ2) is 8.91. The molecule has 33 heavy (non-hydrogen) atoms. The van der Waals surface area contributed by atoms with Crippen LogP contribution in [0.3, 0.4) is 0 Å². The summed E-state index contributed by atoms with van der Waals surface area (Å²) in [6.45, 7) is 7.26. The van der Waals surface area contributed by atoms with Crippen molar-refractivity contribution < 1.29 is 14.0 Å². The number of amides is 2. The van der Waals surface area contributed by atoms with E-state index in [2.05, 4.69) is 32.3 Å². The molecule has 168 valence electrons. The van der Waals surface area contributed by atoms with Gasteiger partial charge in [0.1, 0.15) is 5.82 Å². The molecule has 0 radical (unpaired) electrons. The molecule has 2 N–H and O–H groups in total. The maximum absolute atomic E-state index is 12.6. The number of aromatic nitrogens is 1. The molecule has 0 atom stereocenters. The zero-order valence-electron chi connectivity index (χ0n) is 18.4. The zero-order valence-corrected chi connectivity index (χ0v) is 18.4. The number of anilines is 2. The summed E-state index contributed by atoms with van der Waals surface area (Å²) in [6.07, 6.45) is 6.60. The van der Waals surface area contributed by atoms with Gasteiger partial charge in [0.15, 0.2) is 0 Å². The van der Waals surface area contributed by atoms with Gasteiger partial charge in [-0.1, -0.05) is 13.0 Å². The zero-order chi connectivity index (χ0) is 22.8. The number of nitrogens with one attached hydrogen (secondary N) is 2. The van der Waals surface area contributed by atoms with Gasteiger partial charge in [0, 0.05) is 49.1 Å². The van der Waals surface area contributed by atoms with Crippen molar-refractivity contribution in [3.8, 4) is 11.1 Å². The summed E-state index contributed by atoms with van der Waals surface area (Å²) in [5, 5.41) is 5.56. The number of hydrogen-bond acceptors (Lipinski definition) is 7. The molecule has 4 heterocycles. The van der Waals surface area contributed by atoms with Gasteiger partial charge in [-0.25, -0.2) is 4.98 Å². The van der Waals surface area contributed by atoms with Gasteiger partial charge in [-0.05, 0) is 42.4 Å². The normalized spacial score (nSPS) is 17.7. The number of nitrogens with zero attached hydrogens (tertiary/aromatic N) is 3. The Labute approximate surface area is 191 Å². The summed E-state index contributed by atoms with van der Waals surface area (Å²) in [7, 11) is 0. The number of piperazine rings is 1. The summed E-state index contributed by atoms with van der Waals surface area (Å²) >= 11 is 0. The van der Waals surface area contributed by atoms with Crippen LogP contribution in [0.4, 0.5) is 11.5 Å². The minimum absolute atomic E-state index is 0.384. The Bertz CT molecular complexity index is 1190. The van der Waals surface area contributed by atoms with Crippen LogP contribution in [0.1, 0.15) is 22.8 Å². The van der Waals surface area contributed by atoms with Crippen molar-refractivity contribution in [2.24, 2.45) is 0 Å². The van der Waals surface area contributed by atoms with Crippen LogP contribution in [0.2, 0.25) is 0 Å². The molecule has 8 nitrogen and oxygen atoms in total. The Morgan fingerprint density at radius 1 is 1.03 bits per heavy atom. The first kappa shape index (κ1) is 21.0. The van der Waals surface area contributed by atoms with Crippen LogP contribution in [0.15, 0.2) is 65.7 Å².